The predicted molar refractivity (Wildman–Crippen MR) is 77.7 cm³/mol. The Bertz CT molecular complexity index is 578. The first-order chi connectivity index (χ1) is 9.60. The van der Waals surface area contributed by atoms with Gasteiger partial charge in [0, 0.05) is 13.1 Å². The number of nitrogens with one attached hydrogen (secondary N) is 1. The van der Waals surface area contributed by atoms with Gasteiger partial charge in [-0.2, -0.15) is 5.10 Å². The molecule has 5 nitrogen and oxygen atoms in total. The summed E-state index contributed by atoms with van der Waals surface area (Å²) in [6.07, 6.45) is 0.0741. The fourth-order valence-corrected chi connectivity index (χ4v) is 1.92. The lowest BCUT2D eigenvalue weighted by molar-refractivity contribution is -0.122. The monoisotopic (exact) mass is 273 g/mol. The van der Waals surface area contributed by atoms with Gasteiger partial charge in [0.1, 0.15) is 11.6 Å². The van der Waals surface area contributed by atoms with Crippen molar-refractivity contribution in [3.63, 3.8) is 0 Å². The molecule has 1 atom stereocenters. The van der Waals surface area contributed by atoms with Gasteiger partial charge in [0.25, 0.3) is 5.91 Å². The third-order valence-corrected chi connectivity index (χ3v) is 2.94. The van der Waals surface area contributed by atoms with Crippen LogP contribution in [0.3, 0.4) is 0 Å². The summed E-state index contributed by atoms with van der Waals surface area (Å²) in [6.45, 7) is 3.80. The summed E-state index contributed by atoms with van der Waals surface area (Å²) in [7, 11) is 1.79. The molecule has 1 amide bonds. The molecule has 1 heterocycles. The zero-order chi connectivity index (χ0) is 14.5. The summed E-state index contributed by atoms with van der Waals surface area (Å²) in [5, 5.41) is 7.03. The van der Waals surface area contributed by atoms with E-state index in [-0.39, 0.29) is 5.91 Å². The molecule has 0 aliphatic carbocycles. The van der Waals surface area contributed by atoms with Gasteiger partial charge in [0.05, 0.1) is 5.69 Å². The number of amides is 1. The fourth-order valence-electron chi connectivity index (χ4n) is 1.92. The average molecular weight is 273 g/mol. The molecular formula is C15H19N3O2. The third kappa shape index (κ3) is 3.38. The molecular weight excluding hydrogens is 254 g/mol. The van der Waals surface area contributed by atoms with E-state index in [1.807, 2.05) is 50.2 Å². The van der Waals surface area contributed by atoms with E-state index in [4.69, 9.17) is 4.74 Å². The van der Waals surface area contributed by atoms with Gasteiger partial charge in [0.15, 0.2) is 6.10 Å². The van der Waals surface area contributed by atoms with Crippen molar-refractivity contribution in [2.24, 2.45) is 7.05 Å². The highest BCUT2D eigenvalue weighted by Crippen LogP contribution is 2.14. The molecule has 0 spiro atoms. The first-order valence-electron chi connectivity index (χ1n) is 6.63. The van der Waals surface area contributed by atoms with Crippen LogP contribution in [0, 0.1) is 6.92 Å². The Morgan fingerprint density at radius 1 is 1.40 bits per heavy atom. The minimum atomic E-state index is -0.521. The van der Waals surface area contributed by atoms with Crippen LogP contribution in [0.4, 0.5) is 5.82 Å². The van der Waals surface area contributed by atoms with Crippen molar-refractivity contribution in [2.45, 2.75) is 26.4 Å². The van der Waals surface area contributed by atoms with Crippen molar-refractivity contribution in [1.29, 1.82) is 0 Å². The first kappa shape index (κ1) is 14.1. The van der Waals surface area contributed by atoms with Gasteiger partial charge in [-0.15, -0.1) is 0 Å². The van der Waals surface area contributed by atoms with Gasteiger partial charge < -0.3 is 10.1 Å². The second-order valence-electron chi connectivity index (χ2n) is 4.61. The lowest BCUT2D eigenvalue weighted by Crippen LogP contribution is -2.33. The molecule has 5 heteroatoms. The van der Waals surface area contributed by atoms with Crippen LogP contribution < -0.4 is 10.1 Å². The van der Waals surface area contributed by atoms with Crippen LogP contribution in [-0.2, 0) is 11.8 Å². The molecule has 2 rings (SSSR count). The normalized spacial score (nSPS) is 11.9. The number of benzene rings is 1. The molecule has 1 aromatic carbocycles. The van der Waals surface area contributed by atoms with Crippen LogP contribution in [0.15, 0.2) is 36.4 Å². The maximum absolute atomic E-state index is 12.2. The number of ether oxygens (including phenoxy) is 1. The number of aromatic nitrogens is 2. The van der Waals surface area contributed by atoms with Crippen LogP contribution in [0.5, 0.6) is 5.75 Å². The van der Waals surface area contributed by atoms with Crippen LogP contribution in [-0.4, -0.2) is 21.8 Å². The lowest BCUT2D eigenvalue weighted by atomic mass is 10.2. The molecule has 1 unspecified atom stereocenters. The minimum Gasteiger partial charge on any atom is -0.481 e. The number of rotatable bonds is 5. The van der Waals surface area contributed by atoms with Gasteiger partial charge >= 0.3 is 0 Å². The lowest BCUT2D eigenvalue weighted by Gasteiger charge is -2.17. The van der Waals surface area contributed by atoms with E-state index in [0.29, 0.717) is 18.0 Å². The number of hydrogen-bond donors (Lipinski definition) is 1. The van der Waals surface area contributed by atoms with Crippen molar-refractivity contribution in [1.82, 2.24) is 9.78 Å². The van der Waals surface area contributed by atoms with Crippen LogP contribution in [0.1, 0.15) is 19.0 Å². The molecule has 0 bridgehead atoms. The first-order valence-corrected chi connectivity index (χ1v) is 6.63. The van der Waals surface area contributed by atoms with Crippen molar-refractivity contribution in [2.75, 3.05) is 5.32 Å². The standard InChI is InChI=1S/C15H19N3O2/c1-4-13(20-12-8-6-5-7-9-12)15(19)16-14-10-11(2)17-18(14)3/h5-10,13H,4H2,1-3H3,(H,16,19). The van der Waals surface area contributed by atoms with Crippen LogP contribution in [0.2, 0.25) is 0 Å². The molecule has 0 radical (unpaired) electrons. The molecule has 0 fully saturated rings. The van der Waals surface area contributed by atoms with Crippen LogP contribution in [0.25, 0.3) is 0 Å². The fraction of sp³-hybridized carbons (Fsp3) is 0.333. The van der Waals surface area contributed by atoms with E-state index < -0.39 is 6.10 Å². The predicted octanol–water partition coefficient (Wildman–Crippen LogP) is 2.52. The molecule has 0 aliphatic heterocycles. The van der Waals surface area contributed by atoms with Crippen LogP contribution >= 0.6 is 0 Å². The topological polar surface area (TPSA) is 56.1 Å². The summed E-state index contributed by atoms with van der Waals surface area (Å²) in [6, 6.07) is 11.2. The summed E-state index contributed by atoms with van der Waals surface area (Å²) < 4.78 is 7.34. The van der Waals surface area contributed by atoms with E-state index >= 15 is 0 Å². The quantitative estimate of drug-likeness (QED) is 0.910. The second kappa shape index (κ2) is 6.23. The number of anilines is 1. The Labute approximate surface area is 118 Å². The van der Waals surface area contributed by atoms with Gasteiger partial charge in [-0.25, -0.2) is 0 Å². The van der Waals surface area contributed by atoms with Gasteiger partial charge in [-0.05, 0) is 25.5 Å². The highest BCUT2D eigenvalue weighted by atomic mass is 16.5. The highest BCUT2D eigenvalue weighted by molar-refractivity contribution is 5.93. The Balaban J connectivity index is 2.04. The van der Waals surface area contributed by atoms with Crippen molar-refractivity contribution in [3.8, 4) is 5.75 Å². The Morgan fingerprint density at radius 2 is 2.10 bits per heavy atom. The highest BCUT2D eigenvalue weighted by Gasteiger charge is 2.19. The van der Waals surface area contributed by atoms with E-state index in [2.05, 4.69) is 10.4 Å². The largest absolute Gasteiger partial charge is 0.481 e. The number of aryl methyl sites for hydroxylation is 2. The molecule has 1 aromatic heterocycles. The van der Waals surface area contributed by atoms with Crippen molar-refractivity contribution in [3.05, 3.63) is 42.1 Å². The number of para-hydroxylation sites is 1. The van der Waals surface area contributed by atoms with Crippen molar-refractivity contribution < 1.29 is 9.53 Å². The summed E-state index contributed by atoms with van der Waals surface area (Å²) in [4.78, 5) is 12.2. The molecule has 106 valence electrons. The second-order valence-corrected chi connectivity index (χ2v) is 4.61. The van der Waals surface area contributed by atoms with E-state index in [9.17, 15) is 4.79 Å². The SMILES string of the molecule is CCC(Oc1ccccc1)C(=O)Nc1cc(C)nn1C. The van der Waals surface area contributed by atoms with E-state index in [1.165, 1.54) is 0 Å². The molecule has 0 saturated carbocycles. The summed E-state index contributed by atoms with van der Waals surface area (Å²) in [5.74, 6) is 1.19. The summed E-state index contributed by atoms with van der Waals surface area (Å²) in [5.41, 5.74) is 0.861. The number of nitrogens with zero attached hydrogens (tertiary/aromatic N) is 2. The zero-order valence-corrected chi connectivity index (χ0v) is 12.0. The Hall–Kier alpha value is -2.30. The number of carbonyl (C=O) groups is 1. The number of carbonyl (C=O) groups excluding carboxylic acids is 1. The Kier molecular flexibility index (Phi) is 4.40. The maximum Gasteiger partial charge on any atom is 0.266 e. The van der Waals surface area contributed by atoms with Gasteiger partial charge in [-0.1, -0.05) is 25.1 Å². The maximum atomic E-state index is 12.2. The molecule has 1 N–H and O–H groups in total. The zero-order valence-electron chi connectivity index (χ0n) is 12.0. The molecule has 2 aromatic rings. The van der Waals surface area contributed by atoms with E-state index in [0.717, 1.165) is 5.69 Å². The number of hydrogen-bond acceptors (Lipinski definition) is 3. The molecule has 0 saturated heterocycles. The van der Waals surface area contributed by atoms with Gasteiger partial charge in [0.2, 0.25) is 0 Å². The minimum absolute atomic E-state index is 0.167. The summed E-state index contributed by atoms with van der Waals surface area (Å²) >= 11 is 0. The molecule has 0 aliphatic rings. The average Bonchev–Trinajstić information content (AvgIpc) is 2.75. The molecule has 20 heavy (non-hydrogen) atoms. The Morgan fingerprint density at radius 3 is 2.65 bits per heavy atom. The van der Waals surface area contributed by atoms with E-state index in [1.54, 1.807) is 11.7 Å². The van der Waals surface area contributed by atoms with Crippen molar-refractivity contribution >= 4 is 11.7 Å². The third-order valence-electron chi connectivity index (χ3n) is 2.94. The smallest absolute Gasteiger partial charge is 0.266 e. The van der Waals surface area contributed by atoms with Gasteiger partial charge in [-0.3, -0.25) is 9.48 Å².